The Morgan fingerprint density at radius 3 is 2.72 bits per heavy atom. The standard InChI is InChI=1S/C12H20ClN3OS/c1-8(2)7-10-15-16-12(18-10)14-11(17)9(3)5-4-6-13/h8-9H,4-7H2,1-3H3,(H,14,16,17). The minimum Gasteiger partial charge on any atom is -0.300 e. The highest BCUT2D eigenvalue weighted by molar-refractivity contribution is 7.15. The van der Waals surface area contributed by atoms with Gasteiger partial charge < -0.3 is 5.32 Å². The lowest BCUT2D eigenvalue weighted by Gasteiger charge is -2.08. The summed E-state index contributed by atoms with van der Waals surface area (Å²) in [7, 11) is 0. The van der Waals surface area contributed by atoms with Crippen molar-refractivity contribution in [1.82, 2.24) is 10.2 Å². The molecule has 0 fully saturated rings. The monoisotopic (exact) mass is 289 g/mol. The zero-order valence-corrected chi connectivity index (χ0v) is 12.6. The average molecular weight is 290 g/mol. The molecule has 6 heteroatoms. The van der Waals surface area contributed by atoms with Gasteiger partial charge in [-0.2, -0.15) is 0 Å². The first-order chi connectivity index (χ1) is 8.52. The van der Waals surface area contributed by atoms with Crippen molar-refractivity contribution in [2.75, 3.05) is 11.2 Å². The van der Waals surface area contributed by atoms with E-state index < -0.39 is 0 Å². The number of hydrogen-bond donors (Lipinski definition) is 1. The fourth-order valence-corrected chi connectivity index (χ4v) is 2.59. The van der Waals surface area contributed by atoms with Gasteiger partial charge in [0.25, 0.3) is 0 Å². The van der Waals surface area contributed by atoms with E-state index in [1.54, 1.807) is 0 Å². The molecule has 0 saturated heterocycles. The number of alkyl halides is 1. The van der Waals surface area contributed by atoms with Crippen LogP contribution in [0.4, 0.5) is 5.13 Å². The number of carbonyl (C=O) groups is 1. The molecular weight excluding hydrogens is 270 g/mol. The van der Waals surface area contributed by atoms with Crippen molar-refractivity contribution in [2.24, 2.45) is 11.8 Å². The SMILES string of the molecule is CC(C)Cc1nnc(NC(=O)C(C)CCCCl)s1. The number of nitrogens with zero attached hydrogens (tertiary/aromatic N) is 2. The molecule has 0 radical (unpaired) electrons. The van der Waals surface area contributed by atoms with Gasteiger partial charge >= 0.3 is 0 Å². The second kappa shape index (κ2) is 7.69. The number of halogens is 1. The Balaban J connectivity index is 2.46. The van der Waals surface area contributed by atoms with Crippen LogP contribution in [0.3, 0.4) is 0 Å². The van der Waals surface area contributed by atoms with Gasteiger partial charge in [0.05, 0.1) is 0 Å². The predicted molar refractivity (Wildman–Crippen MR) is 76.2 cm³/mol. The Hall–Kier alpha value is -0.680. The van der Waals surface area contributed by atoms with Crippen molar-refractivity contribution in [2.45, 2.75) is 40.0 Å². The largest absolute Gasteiger partial charge is 0.300 e. The summed E-state index contributed by atoms with van der Waals surface area (Å²) in [5.74, 6) is 1.09. The summed E-state index contributed by atoms with van der Waals surface area (Å²) in [6, 6.07) is 0. The van der Waals surface area contributed by atoms with E-state index in [-0.39, 0.29) is 11.8 Å². The van der Waals surface area contributed by atoms with Crippen molar-refractivity contribution in [3.8, 4) is 0 Å². The zero-order chi connectivity index (χ0) is 13.5. The molecule has 1 aromatic heterocycles. The van der Waals surface area contributed by atoms with Gasteiger partial charge in [0.15, 0.2) is 0 Å². The van der Waals surface area contributed by atoms with E-state index in [0.717, 1.165) is 24.3 Å². The van der Waals surface area contributed by atoms with Crippen LogP contribution in [0.25, 0.3) is 0 Å². The summed E-state index contributed by atoms with van der Waals surface area (Å²) in [6.45, 7) is 6.17. The minimum absolute atomic E-state index is 0.00707. The Kier molecular flexibility index (Phi) is 6.57. The molecule has 0 aliphatic rings. The molecular formula is C12H20ClN3OS. The molecule has 1 amide bonds. The van der Waals surface area contributed by atoms with E-state index in [1.807, 2.05) is 6.92 Å². The first-order valence-corrected chi connectivity index (χ1v) is 7.57. The van der Waals surface area contributed by atoms with Gasteiger partial charge in [0, 0.05) is 18.2 Å². The van der Waals surface area contributed by atoms with Gasteiger partial charge in [0.2, 0.25) is 11.0 Å². The maximum absolute atomic E-state index is 11.8. The quantitative estimate of drug-likeness (QED) is 0.783. The molecule has 0 spiro atoms. The number of anilines is 1. The summed E-state index contributed by atoms with van der Waals surface area (Å²) in [5, 5.41) is 12.4. The lowest BCUT2D eigenvalue weighted by molar-refractivity contribution is -0.119. The van der Waals surface area contributed by atoms with Crippen molar-refractivity contribution < 1.29 is 4.79 Å². The first kappa shape index (κ1) is 15.4. The Bertz CT molecular complexity index is 381. The summed E-state index contributed by atoms with van der Waals surface area (Å²) in [6.07, 6.45) is 2.55. The van der Waals surface area contributed by atoms with E-state index >= 15 is 0 Å². The number of aromatic nitrogens is 2. The number of nitrogens with one attached hydrogen (secondary N) is 1. The topological polar surface area (TPSA) is 54.9 Å². The fourth-order valence-electron chi connectivity index (χ4n) is 1.48. The van der Waals surface area contributed by atoms with Crippen molar-refractivity contribution >= 4 is 34.0 Å². The molecule has 1 atom stereocenters. The Morgan fingerprint density at radius 2 is 2.11 bits per heavy atom. The van der Waals surface area contributed by atoms with E-state index in [9.17, 15) is 4.79 Å². The highest BCUT2D eigenvalue weighted by atomic mass is 35.5. The maximum Gasteiger partial charge on any atom is 0.229 e. The van der Waals surface area contributed by atoms with Crippen molar-refractivity contribution in [1.29, 1.82) is 0 Å². The van der Waals surface area contributed by atoms with Gasteiger partial charge in [-0.15, -0.1) is 21.8 Å². The van der Waals surface area contributed by atoms with Gasteiger partial charge in [-0.1, -0.05) is 32.1 Å². The average Bonchev–Trinajstić information content (AvgIpc) is 2.72. The molecule has 1 aromatic rings. The van der Waals surface area contributed by atoms with Crippen LogP contribution < -0.4 is 5.32 Å². The van der Waals surface area contributed by atoms with Crippen LogP contribution in [0.5, 0.6) is 0 Å². The number of rotatable bonds is 7. The lowest BCUT2D eigenvalue weighted by Crippen LogP contribution is -2.20. The summed E-state index contributed by atoms with van der Waals surface area (Å²) in [5.41, 5.74) is 0. The van der Waals surface area contributed by atoms with Crippen LogP contribution in [-0.2, 0) is 11.2 Å². The molecule has 1 rings (SSSR count). The van der Waals surface area contributed by atoms with Crippen LogP contribution in [0.15, 0.2) is 0 Å². The highest BCUT2D eigenvalue weighted by Gasteiger charge is 2.15. The molecule has 0 aromatic carbocycles. The van der Waals surface area contributed by atoms with Crippen LogP contribution in [0.1, 0.15) is 38.6 Å². The lowest BCUT2D eigenvalue weighted by atomic mass is 10.1. The van der Waals surface area contributed by atoms with Crippen molar-refractivity contribution in [3.05, 3.63) is 5.01 Å². The normalized spacial score (nSPS) is 12.7. The van der Waals surface area contributed by atoms with Gasteiger partial charge in [-0.25, -0.2) is 0 Å². The molecule has 1 unspecified atom stereocenters. The summed E-state index contributed by atoms with van der Waals surface area (Å²) < 4.78 is 0. The third-order valence-corrected chi connectivity index (χ3v) is 3.63. The number of hydrogen-bond acceptors (Lipinski definition) is 4. The Morgan fingerprint density at radius 1 is 1.39 bits per heavy atom. The molecule has 0 aliphatic carbocycles. The van der Waals surface area contributed by atoms with Crippen molar-refractivity contribution in [3.63, 3.8) is 0 Å². The fraction of sp³-hybridized carbons (Fsp3) is 0.750. The molecule has 4 nitrogen and oxygen atoms in total. The molecule has 0 bridgehead atoms. The van der Waals surface area contributed by atoms with Crippen LogP contribution in [0, 0.1) is 11.8 Å². The van der Waals surface area contributed by atoms with E-state index in [1.165, 1.54) is 11.3 Å². The van der Waals surface area contributed by atoms with Gasteiger partial charge in [-0.05, 0) is 18.8 Å². The van der Waals surface area contributed by atoms with E-state index in [2.05, 4.69) is 29.4 Å². The van der Waals surface area contributed by atoms with Gasteiger partial charge in [0.1, 0.15) is 5.01 Å². The number of amides is 1. The minimum atomic E-state index is -0.0406. The van der Waals surface area contributed by atoms with Crippen LogP contribution >= 0.6 is 22.9 Å². The van der Waals surface area contributed by atoms with Crippen LogP contribution in [-0.4, -0.2) is 22.0 Å². The third kappa shape index (κ3) is 5.31. The van der Waals surface area contributed by atoms with Gasteiger partial charge in [-0.3, -0.25) is 4.79 Å². The molecule has 0 saturated carbocycles. The molecule has 0 aliphatic heterocycles. The summed E-state index contributed by atoms with van der Waals surface area (Å²) >= 11 is 7.06. The zero-order valence-electron chi connectivity index (χ0n) is 11.1. The molecule has 1 N–H and O–H groups in total. The summed E-state index contributed by atoms with van der Waals surface area (Å²) in [4.78, 5) is 11.8. The first-order valence-electron chi connectivity index (χ1n) is 6.22. The number of carbonyl (C=O) groups excluding carboxylic acids is 1. The second-order valence-corrected chi connectivity index (χ2v) is 6.26. The molecule has 18 heavy (non-hydrogen) atoms. The molecule has 102 valence electrons. The smallest absolute Gasteiger partial charge is 0.229 e. The third-order valence-electron chi connectivity index (χ3n) is 2.50. The maximum atomic E-state index is 11.8. The molecule has 1 heterocycles. The second-order valence-electron chi connectivity index (χ2n) is 4.82. The van der Waals surface area contributed by atoms with Crippen LogP contribution in [0.2, 0.25) is 0 Å². The Labute approximate surface area is 117 Å². The van der Waals surface area contributed by atoms with E-state index in [4.69, 9.17) is 11.6 Å². The highest BCUT2D eigenvalue weighted by Crippen LogP contribution is 2.19. The predicted octanol–water partition coefficient (Wildman–Crippen LogP) is 3.33. The van der Waals surface area contributed by atoms with E-state index in [0.29, 0.717) is 16.9 Å².